The zero-order chi connectivity index (χ0) is 22.0. The number of ether oxygens (including phenoxy) is 1. The third-order valence-corrected chi connectivity index (χ3v) is 5.31. The number of hydrogen-bond acceptors (Lipinski definition) is 6. The Kier molecular flexibility index (Phi) is 9.84. The molecule has 9 heteroatoms. The summed E-state index contributed by atoms with van der Waals surface area (Å²) in [6.07, 6.45) is 9.07. The maximum absolute atomic E-state index is 11.0. The standard InChI is InChI=1S/C11H20N3O2.C9H12O3S/c1-2-16-11(15)6-4-3-5-7-13-8-9-14(12)10-13;1-6-4-7(2)9(8(3)5-6)13(10,11)12/h8-10H,2-7,12H2,1H3;4-5H,1-3H3,(H,10,11,12)/q+1;/p-1. The summed E-state index contributed by atoms with van der Waals surface area (Å²) in [7, 11) is -4.33. The first-order valence-electron chi connectivity index (χ1n) is 9.56. The zero-order valence-corrected chi connectivity index (χ0v) is 18.4. The molecule has 0 saturated heterocycles. The predicted molar refractivity (Wildman–Crippen MR) is 108 cm³/mol. The van der Waals surface area contributed by atoms with Crippen molar-refractivity contribution in [3.63, 3.8) is 0 Å². The van der Waals surface area contributed by atoms with Gasteiger partial charge in [0.2, 0.25) is 0 Å². The molecule has 162 valence electrons. The van der Waals surface area contributed by atoms with Crippen LogP contribution < -0.4 is 10.4 Å². The lowest BCUT2D eigenvalue weighted by molar-refractivity contribution is -0.696. The van der Waals surface area contributed by atoms with Crippen molar-refractivity contribution >= 4 is 16.1 Å². The van der Waals surface area contributed by atoms with E-state index in [0.29, 0.717) is 24.2 Å². The van der Waals surface area contributed by atoms with E-state index in [9.17, 15) is 17.8 Å². The summed E-state index contributed by atoms with van der Waals surface area (Å²) in [6, 6.07) is 3.38. The molecule has 0 bridgehead atoms. The second kappa shape index (κ2) is 11.6. The topological polar surface area (TPSA) is 118 Å². The number of esters is 1. The number of benzene rings is 1. The summed E-state index contributed by atoms with van der Waals surface area (Å²) in [5.41, 5.74) is 2.00. The van der Waals surface area contributed by atoms with Gasteiger partial charge in [0.1, 0.15) is 16.3 Å². The monoisotopic (exact) mass is 425 g/mol. The van der Waals surface area contributed by atoms with Crippen LogP contribution >= 0.6 is 0 Å². The zero-order valence-electron chi connectivity index (χ0n) is 17.6. The number of nitrogen functional groups attached to an aromatic ring is 1. The lowest BCUT2D eigenvalue weighted by Crippen LogP contribution is -2.31. The number of hydrogen-bond donors (Lipinski definition) is 1. The van der Waals surface area contributed by atoms with Gasteiger partial charge in [-0.2, -0.15) is 0 Å². The molecule has 1 aromatic heterocycles. The molecule has 0 amide bonds. The van der Waals surface area contributed by atoms with Crippen molar-refractivity contribution in [2.75, 3.05) is 12.4 Å². The maximum Gasteiger partial charge on any atom is 0.305 e. The molecule has 0 saturated carbocycles. The number of imidazole rings is 1. The highest BCUT2D eigenvalue weighted by molar-refractivity contribution is 7.85. The number of carbonyl (C=O) groups excluding carboxylic acids is 1. The Hall–Kier alpha value is -2.39. The third kappa shape index (κ3) is 9.10. The van der Waals surface area contributed by atoms with Crippen LogP contribution in [-0.2, 0) is 26.2 Å². The van der Waals surface area contributed by atoms with Gasteiger partial charge in [-0.3, -0.25) is 10.6 Å². The van der Waals surface area contributed by atoms with E-state index < -0.39 is 10.1 Å². The molecule has 0 radical (unpaired) electrons. The number of unbranched alkanes of at least 4 members (excludes halogenated alkanes) is 2. The second-order valence-electron chi connectivity index (χ2n) is 6.90. The Morgan fingerprint density at radius 1 is 1.17 bits per heavy atom. The highest BCUT2D eigenvalue weighted by Gasteiger charge is 2.09. The summed E-state index contributed by atoms with van der Waals surface area (Å²) in [5, 5.41) is 0. The number of nitrogens with two attached hydrogens (primary N) is 1. The minimum absolute atomic E-state index is 0.0851. The van der Waals surface area contributed by atoms with Gasteiger partial charge < -0.3 is 9.29 Å². The van der Waals surface area contributed by atoms with E-state index in [0.717, 1.165) is 31.4 Å². The summed E-state index contributed by atoms with van der Waals surface area (Å²) >= 11 is 0. The van der Waals surface area contributed by atoms with Crippen molar-refractivity contribution in [1.82, 2.24) is 4.68 Å². The van der Waals surface area contributed by atoms with Gasteiger partial charge in [0, 0.05) is 6.42 Å². The fourth-order valence-electron chi connectivity index (χ4n) is 3.08. The van der Waals surface area contributed by atoms with Crippen LogP contribution in [0.25, 0.3) is 0 Å². The smallest absolute Gasteiger partial charge is 0.305 e. The summed E-state index contributed by atoms with van der Waals surface area (Å²) in [4.78, 5) is 10.9. The number of nitrogens with zero attached hydrogens (tertiary/aromatic N) is 2. The third-order valence-electron chi connectivity index (χ3n) is 4.17. The largest absolute Gasteiger partial charge is 0.744 e. The molecule has 2 N–H and O–H groups in total. The molecule has 0 fully saturated rings. The molecule has 0 unspecified atom stereocenters. The van der Waals surface area contributed by atoms with E-state index in [-0.39, 0.29) is 10.9 Å². The number of aryl methyl sites for hydroxylation is 4. The maximum atomic E-state index is 11.0. The fraction of sp³-hybridized carbons (Fsp3) is 0.500. The van der Waals surface area contributed by atoms with Crippen LogP contribution in [0.2, 0.25) is 0 Å². The van der Waals surface area contributed by atoms with Gasteiger partial charge in [-0.15, -0.1) is 4.68 Å². The highest BCUT2D eigenvalue weighted by atomic mass is 32.2. The first kappa shape index (κ1) is 24.6. The van der Waals surface area contributed by atoms with Crippen molar-refractivity contribution in [2.45, 2.75) is 64.8 Å². The van der Waals surface area contributed by atoms with Gasteiger partial charge >= 0.3 is 5.97 Å². The van der Waals surface area contributed by atoms with Crippen LogP contribution in [0.1, 0.15) is 49.3 Å². The molecule has 0 aliphatic carbocycles. The Balaban J connectivity index is 0.000000296. The quantitative estimate of drug-likeness (QED) is 0.228. The molecule has 2 rings (SSSR count). The molecule has 29 heavy (non-hydrogen) atoms. The molecular weight excluding hydrogens is 394 g/mol. The van der Waals surface area contributed by atoms with Gasteiger partial charge in [0.05, 0.1) is 18.0 Å². The van der Waals surface area contributed by atoms with Gasteiger partial charge in [-0.05, 0) is 58.1 Å². The van der Waals surface area contributed by atoms with Gasteiger partial charge in [-0.1, -0.05) is 17.7 Å². The van der Waals surface area contributed by atoms with Crippen molar-refractivity contribution in [3.8, 4) is 0 Å². The summed E-state index contributed by atoms with van der Waals surface area (Å²) in [5.74, 6) is 5.42. The molecule has 0 spiro atoms. The molecular formula is C20H31N3O5S. The molecule has 8 nitrogen and oxygen atoms in total. The van der Waals surface area contributed by atoms with Gasteiger partial charge in [-0.25, -0.2) is 13.0 Å². The van der Waals surface area contributed by atoms with Crippen LogP contribution in [-0.4, -0.2) is 30.2 Å². The predicted octanol–water partition coefficient (Wildman–Crippen LogP) is 2.13. The lowest BCUT2D eigenvalue weighted by atomic mass is 10.1. The average Bonchev–Trinajstić information content (AvgIpc) is 2.98. The number of carbonyl (C=O) groups is 1. The highest BCUT2D eigenvalue weighted by Crippen LogP contribution is 2.20. The molecule has 0 aliphatic heterocycles. The number of rotatable bonds is 8. The van der Waals surface area contributed by atoms with Gasteiger partial charge in [0.25, 0.3) is 6.33 Å². The second-order valence-corrected chi connectivity index (χ2v) is 8.21. The Morgan fingerprint density at radius 3 is 2.28 bits per heavy atom. The van der Waals surface area contributed by atoms with E-state index in [2.05, 4.69) is 0 Å². The summed E-state index contributed by atoms with van der Waals surface area (Å²) < 4.78 is 40.9. The average molecular weight is 426 g/mol. The van der Waals surface area contributed by atoms with Crippen LogP contribution in [0.5, 0.6) is 0 Å². The van der Waals surface area contributed by atoms with Crippen molar-refractivity contribution in [1.29, 1.82) is 0 Å². The first-order valence-corrected chi connectivity index (χ1v) is 11.0. The van der Waals surface area contributed by atoms with E-state index in [1.54, 1.807) is 32.2 Å². The Bertz CT molecular complexity index is 884. The van der Waals surface area contributed by atoms with Crippen molar-refractivity contribution in [3.05, 3.63) is 47.5 Å². The summed E-state index contributed by atoms with van der Waals surface area (Å²) in [6.45, 7) is 8.36. The van der Waals surface area contributed by atoms with Crippen molar-refractivity contribution < 1.29 is 27.1 Å². The molecule has 0 atom stereocenters. The van der Waals surface area contributed by atoms with E-state index in [1.165, 1.54) is 4.68 Å². The van der Waals surface area contributed by atoms with E-state index in [1.807, 2.05) is 30.9 Å². The molecule has 1 aromatic carbocycles. The molecule has 2 aromatic rings. The van der Waals surface area contributed by atoms with Crippen LogP contribution in [0, 0.1) is 20.8 Å². The Labute approximate surface area is 173 Å². The van der Waals surface area contributed by atoms with Crippen LogP contribution in [0.3, 0.4) is 0 Å². The normalized spacial score (nSPS) is 10.9. The minimum Gasteiger partial charge on any atom is -0.744 e. The van der Waals surface area contributed by atoms with E-state index >= 15 is 0 Å². The molecule has 1 heterocycles. The van der Waals surface area contributed by atoms with Crippen molar-refractivity contribution in [2.24, 2.45) is 0 Å². The Morgan fingerprint density at radius 2 is 1.79 bits per heavy atom. The first-order chi connectivity index (χ1) is 13.5. The van der Waals surface area contributed by atoms with Crippen LogP contribution in [0.4, 0.5) is 0 Å². The van der Waals surface area contributed by atoms with Gasteiger partial charge in [0.15, 0.2) is 6.20 Å². The number of aromatic nitrogens is 2. The lowest BCUT2D eigenvalue weighted by Gasteiger charge is -2.14. The fourth-order valence-corrected chi connectivity index (χ4v) is 3.98. The van der Waals surface area contributed by atoms with Crippen LogP contribution in [0.15, 0.2) is 35.7 Å². The minimum atomic E-state index is -4.33. The van der Waals surface area contributed by atoms with E-state index in [4.69, 9.17) is 10.6 Å². The SMILES string of the molecule is CCOC(=O)CCCCC[n+]1ccn(N)c1.Cc1cc(C)c(S(=O)(=O)[O-])c(C)c1. The molecule has 0 aliphatic rings.